The first-order chi connectivity index (χ1) is 6.00. The van der Waals surface area contributed by atoms with Crippen molar-refractivity contribution in [2.75, 3.05) is 0 Å². The molecule has 13 heavy (non-hydrogen) atoms. The number of aryl methyl sites for hydroxylation is 1. The number of carbonyl (C=O) groups excluding carboxylic acids is 1. The molecule has 0 fully saturated rings. The van der Waals surface area contributed by atoms with Crippen molar-refractivity contribution >= 4 is 33.0 Å². The summed E-state index contributed by atoms with van der Waals surface area (Å²) in [5.74, 6) is 0.159. The number of halogens is 1. The highest BCUT2D eigenvalue weighted by molar-refractivity contribution is 9.11. The number of hydrogen-bond acceptors (Lipinski definition) is 2. The Morgan fingerprint density at radius 3 is 2.69 bits per heavy atom. The maximum absolute atomic E-state index is 11.5. The Morgan fingerprint density at radius 2 is 2.31 bits per heavy atom. The van der Waals surface area contributed by atoms with E-state index in [9.17, 15) is 4.79 Å². The lowest BCUT2D eigenvalue weighted by atomic mass is 10.1. The van der Waals surface area contributed by atoms with Crippen molar-refractivity contribution in [3.8, 4) is 0 Å². The van der Waals surface area contributed by atoms with Crippen LogP contribution in [-0.4, -0.2) is 5.78 Å². The standard InChI is InChI=1S/C10H11BrOS/c1-6(2)4-8(12)9-5-7(3)10(11)13-9/h5H,1,4H2,2-3H3. The largest absolute Gasteiger partial charge is 0.293 e. The highest BCUT2D eigenvalue weighted by Crippen LogP contribution is 2.28. The Kier molecular flexibility index (Phi) is 3.45. The molecule has 0 amide bonds. The molecule has 0 saturated carbocycles. The average molecular weight is 259 g/mol. The zero-order valence-electron chi connectivity index (χ0n) is 7.69. The molecule has 0 aliphatic rings. The second-order valence-electron chi connectivity index (χ2n) is 3.12. The van der Waals surface area contributed by atoms with Gasteiger partial charge in [0.2, 0.25) is 0 Å². The molecule has 1 rings (SSSR count). The lowest BCUT2D eigenvalue weighted by Crippen LogP contribution is -1.95. The van der Waals surface area contributed by atoms with E-state index in [1.54, 1.807) is 0 Å². The summed E-state index contributed by atoms with van der Waals surface area (Å²) in [6, 6.07) is 1.92. The summed E-state index contributed by atoms with van der Waals surface area (Å²) in [5.41, 5.74) is 2.03. The Morgan fingerprint density at radius 1 is 1.69 bits per heavy atom. The van der Waals surface area contributed by atoms with E-state index in [4.69, 9.17) is 0 Å². The van der Waals surface area contributed by atoms with Crippen molar-refractivity contribution in [2.24, 2.45) is 0 Å². The molecule has 0 aliphatic carbocycles. The van der Waals surface area contributed by atoms with Crippen molar-refractivity contribution in [3.05, 3.63) is 32.4 Å². The minimum absolute atomic E-state index is 0.159. The Bertz CT molecular complexity index is 332. The fourth-order valence-corrected chi connectivity index (χ4v) is 2.43. The number of Topliss-reactive ketones (excluding diaryl/α,β-unsaturated/α-hetero) is 1. The van der Waals surface area contributed by atoms with Crippen LogP contribution in [0, 0.1) is 6.92 Å². The van der Waals surface area contributed by atoms with Crippen LogP contribution in [0.15, 0.2) is 22.0 Å². The van der Waals surface area contributed by atoms with Crippen molar-refractivity contribution in [1.29, 1.82) is 0 Å². The third-order valence-electron chi connectivity index (χ3n) is 1.59. The van der Waals surface area contributed by atoms with E-state index in [0.717, 1.165) is 19.8 Å². The van der Waals surface area contributed by atoms with E-state index in [1.165, 1.54) is 11.3 Å². The third-order valence-corrected chi connectivity index (χ3v) is 3.77. The predicted octanol–water partition coefficient (Wildman–Crippen LogP) is 3.97. The van der Waals surface area contributed by atoms with E-state index in [2.05, 4.69) is 22.5 Å². The predicted molar refractivity (Wildman–Crippen MR) is 60.5 cm³/mol. The minimum Gasteiger partial charge on any atom is -0.293 e. The number of rotatable bonds is 3. The van der Waals surface area contributed by atoms with Crippen LogP contribution in [0.5, 0.6) is 0 Å². The second-order valence-corrected chi connectivity index (χ2v) is 5.49. The summed E-state index contributed by atoms with van der Waals surface area (Å²) < 4.78 is 1.04. The number of ketones is 1. The molecule has 0 aromatic carbocycles. The van der Waals surface area contributed by atoms with E-state index in [-0.39, 0.29) is 5.78 Å². The summed E-state index contributed by atoms with van der Waals surface area (Å²) in [6.45, 7) is 7.57. The lowest BCUT2D eigenvalue weighted by molar-refractivity contribution is 0.0997. The van der Waals surface area contributed by atoms with Crippen molar-refractivity contribution in [3.63, 3.8) is 0 Å². The van der Waals surface area contributed by atoms with Gasteiger partial charge < -0.3 is 0 Å². The normalized spacial score (nSPS) is 10.1. The summed E-state index contributed by atoms with van der Waals surface area (Å²) in [6.07, 6.45) is 0.451. The molecular formula is C10H11BrOS. The number of carbonyl (C=O) groups is 1. The quantitative estimate of drug-likeness (QED) is 0.593. The Balaban J connectivity index is 2.83. The fourth-order valence-electron chi connectivity index (χ4n) is 0.958. The summed E-state index contributed by atoms with van der Waals surface area (Å²) in [4.78, 5) is 12.4. The average Bonchev–Trinajstić information content (AvgIpc) is 2.31. The molecule has 70 valence electrons. The zero-order valence-corrected chi connectivity index (χ0v) is 10.1. The van der Waals surface area contributed by atoms with Gasteiger partial charge in [-0.3, -0.25) is 4.79 Å². The van der Waals surface area contributed by atoms with Crippen molar-refractivity contribution in [1.82, 2.24) is 0 Å². The monoisotopic (exact) mass is 258 g/mol. The van der Waals surface area contributed by atoms with Gasteiger partial charge in [0, 0.05) is 6.42 Å². The second kappa shape index (κ2) is 4.20. The molecule has 1 nitrogen and oxygen atoms in total. The molecule has 0 spiro atoms. The smallest absolute Gasteiger partial charge is 0.176 e. The van der Waals surface area contributed by atoms with Crippen LogP contribution in [0.25, 0.3) is 0 Å². The molecule has 0 radical (unpaired) electrons. The summed E-state index contributed by atoms with van der Waals surface area (Å²) >= 11 is 4.88. The van der Waals surface area contributed by atoms with Gasteiger partial charge in [-0.15, -0.1) is 11.3 Å². The highest BCUT2D eigenvalue weighted by atomic mass is 79.9. The molecule has 0 bridgehead atoms. The molecule has 1 heterocycles. The lowest BCUT2D eigenvalue weighted by Gasteiger charge is -1.94. The van der Waals surface area contributed by atoms with Gasteiger partial charge in [-0.05, 0) is 41.4 Å². The van der Waals surface area contributed by atoms with Gasteiger partial charge in [-0.1, -0.05) is 12.2 Å². The van der Waals surface area contributed by atoms with Crippen LogP contribution in [-0.2, 0) is 0 Å². The van der Waals surface area contributed by atoms with Gasteiger partial charge in [-0.25, -0.2) is 0 Å². The maximum atomic E-state index is 11.5. The molecule has 0 atom stereocenters. The van der Waals surface area contributed by atoms with Crippen molar-refractivity contribution < 1.29 is 4.79 Å². The van der Waals surface area contributed by atoms with Crippen LogP contribution in [0.4, 0.5) is 0 Å². The van der Waals surface area contributed by atoms with Gasteiger partial charge in [0.25, 0.3) is 0 Å². The summed E-state index contributed by atoms with van der Waals surface area (Å²) in [5, 5.41) is 0. The molecule has 3 heteroatoms. The number of thiophene rings is 1. The number of allylic oxidation sites excluding steroid dienone is 1. The topological polar surface area (TPSA) is 17.1 Å². The van der Waals surface area contributed by atoms with Crippen LogP contribution >= 0.6 is 27.3 Å². The SMILES string of the molecule is C=C(C)CC(=O)c1cc(C)c(Br)s1. The molecule has 1 aromatic heterocycles. The molecule has 1 aromatic rings. The van der Waals surface area contributed by atoms with E-state index in [1.807, 2.05) is 19.9 Å². The number of hydrogen-bond donors (Lipinski definition) is 0. The van der Waals surface area contributed by atoms with Crippen molar-refractivity contribution in [2.45, 2.75) is 20.3 Å². The fraction of sp³-hybridized carbons (Fsp3) is 0.300. The zero-order chi connectivity index (χ0) is 10.0. The first-order valence-corrected chi connectivity index (χ1v) is 5.55. The van der Waals surface area contributed by atoms with Crippen LogP contribution < -0.4 is 0 Å². The van der Waals surface area contributed by atoms with Gasteiger partial charge in [0.1, 0.15) is 0 Å². The molecule has 0 saturated heterocycles. The van der Waals surface area contributed by atoms with Gasteiger partial charge >= 0.3 is 0 Å². The van der Waals surface area contributed by atoms with E-state index >= 15 is 0 Å². The van der Waals surface area contributed by atoms with Gasteiger partial charge in [-0.2, -0.15) is 0 Å². The first-order valence-electron chi connectivity index (χ1n) is 3.94. The van der Waals surface area contributed by atoms with Crippen LogP contribution in [0.2, 0.25) is 0 Å². The molecular weight excluding hydrogens is 248 g/mol. The molecule has 0 unspecified atom stereocenters. The van der Waals surface area contributed by atoms with Gasteiger partial charge in [0.05, 0.1) is 8.66 Å². The Labute approximate surface area is 90.6 Å². The van der Waals surface area contributed by atoms with E-state index in [0.29, 0.717) is 6.42 Å². The van der Waals surface area contributed by atoms with Crippen LogP contribution in [0.3, 0.4) is 0 Å². The Hall–Kier alpha value is -0.410. The van der Waals surface area contributed by atoms with Crippen LogP contribution in [0.1, 0.15) is 28.6 Å². The molecule has 0 N–H and O–H groups in total. The van der Waals surface area contributed by atoms with Gasteiger partial charge in [0.15, 0.2) is 5.78 Å². The minimum atomic E-state index is 0.159. The highest BCUT2D eigenvalue weighted by Gasteiger charge is 2.10. The maximum Gasteiger partial charge on any atom is 0.176 e. The van der Waals surface area contributed by atoms with E-state index < -0.39 is 0 Å². The summed E-state index contributed by atoms with van der Waals surface area (Å²) in [7, 11) is 0. The third kappa shape index (κ3) is 2.78. The molecule has 0 aliphatic heterocycles. The first kappa shape index (κ1) is 10.7.